The third-order valence-corrected chi connectivity index (χ3v) is 5.76. The first-order chi connectivity index (χ1) is 15.6. The molecule has 0 bridgehead atoms. The van der Waals surface area contributed by atoms with Crippen LogP contribution in [0.25, 0.3) is 0 Å². The van der Waals surface area contributed by atoms with Crippen molar-refractivity contribution < 1.29 is 32.1 Å². The molecule has 2 amide bonds. The summed E-state index contributed by atoms with van der Waals surface area (Å²) in [5.41, 5.74) is 11.3. The molecule has 1 aliphatic heterocycles. The van der Waals surface area contributed by atoms with Crippen molar-refractivity contribution in [3.63, 3.8) is 0 Å². The summed E-state index contributed by atoms with van der Waals surface area (Å²) in [7, 11) is -4.69. The van der Waals surface area contributed by atoms with Crippen LogP contribution >= 0.6 is 11.3 Å². The first-order valence-corrected chi connectivity index (χ1v) is 11.4. The Bertz CT molecular complexity index is 1210. The van der Waals surface area contributed by atoms with Crippen molar-refractivity contribution >= 4 is 50.1 Å². The first-order valence-electron chi connectivity index (χ1n) is 9.14. The summed E-state index contributed by atoms with van der Waals surface area (Å²) in [5, 5.41) is 15.1. The third-order valence-electron chi connectivity index (χ3n) is 4.20. The summed E-state index contributed by atoms with van der Waals surface area (Å²) < 4.78 is 36.7. The number of nitrogens with zero attached hydrogens (tertiary/aromatic N) is 3. The second-order valence-electron chi connectivity index (χ2n) is 6.51. The maximum atomic E-state index is 12.6. The molecule has 0 radical (unpaired) electrons. The Morgan fingerprint density at radius 3 is 2.79 bits per heavy atom. The van der Waals surface area contributed by atoms with E-state index in [0.717, 1.165) is 11.3 Å². The molecule has 176 valence electrons. The SMILES string of the molecule is N=C(N)c1cccc(OCCO/N=C(\C(=O)N[C@H]2CN(S(=O)(=O)O)C2=O)c2csc(N)n2)c1. The summed E-state index contributed by atoms with van der Waals surface area (Å²) >= 11 is 1.05. The lowest BCUT2D eigenvalue weighted by atomic mass is 10.1. The molecule has 16 heteroatoms. The molecule has 0 unspecified atom stereocenters. The van der Waals surface area contributed by atoms with Gasteiger partial charge in [-0.05, 0) is 12.1 Å². The van der Waals surface area contributed by atoms with Crippen LogP contribution < -0.4 is 21.5 Å². The number of carbonyl (C=O) groups excluding carboxylic acids is 2. The monoisotopic (exact) mass is 497 g/mol. The molecule has 7 N–H and O–H groups in total. The third kappa shape index (κ3) is 5.93. The van der Waals surface area contributed by atoms with Gasteiger partial charge in [-0.2, -0.15) is 8.42 Å². The molecule has 1 aromatic heterocycles. The van der Waals surface area contributed by atoms with Crippen LogP contribution in [0.4, 0.5) is 5.13 Å². The van der Waals surface area contributed by atoms with Crippen LogP contribution in [0.2, 0.25) is 0 Å². The van der Waals surface area contributed by atoms with Gasteiger partial charge < -0.3 is 26.4 Å². The van der Waals surface area contributed by atoms with Crippen molar-refractivity contribution in [3.05, 3.63) is 40.9 Å². The van der Waals surface area contributed by atoms with Crippen LogP contribution in [0.15, 0.2) is 34.8 Å². The molecule has 1 aromatic carbocycles. The highest BCUT2D eigenvalue weighted by Crippen LogP contribution is 2.16. The summed E-state index contributed by atoms with van der Waals surface area (Å²) in [6, 6.07) is 5.40. The van der Waals surface area contributed by atoms with E-state index in [1.165, 1.54) is 5.38 Å². The zero-order valence-corrected chi connectivity index (χ0v) is 18.4. The average Bonchev–Trinajstić information content (AvgIpc) is 3.17. The summed E-state index contributed by atoms with van der Waals surface area (Å²) in [4.78, 5) is 33.5. The number of ether oxygens (including phenoxy) is 1. The molecule has 14 nitrogen and oxygen atoms in total. The van der Waals surface area contributed by atoms with Crippen molar-refractivity contribution in [3.8, 4) is 5.75 Å². The van der Waals surface area contributed by atoms with Gasteiger partial charge in [0.2, 0.25) is 0 Å². The Labute approximate surface area is 191 Å². The number of hydrogen-bond donors (Lipinski definition) is 5. The Morgan fingerprint density at radius 1 is 1.42 bits per heavy atom. The fourth-order valence-electron chi connectivity index (χ4n) is 2.60. The first kappa shape index (κ1) is 23.9. The predicted molar refractivity (Wildman–Crippen MR) is 117 cm³/mol. The summed E-state index contributed by atoms with van der Waals surface area (Å²) in [6.45, 7) is -0.451. The van der Waals surface area contributed by atoms with E-state index in [1.54, 1.807) is 24.3 Å². The van der Waals surface area contributed by atoms with Crippen molar-refractivity contribution in [2.75, 3.05) is 25.5 Å². The fraction of sp³-hybridized carbons (Fsp3) is 0.235. The number of carbonyl (C=O) groups is 2. The van der Waals surface area contributed by atoms with Gasteiger partial charge in [-0.15, -0.1) is 11.3 Å². The van der Waals surface area contributed by atoms with Crippen molar-refractivity contribution in [2.45, 2.75) is 6.04 Å². The second kappa shape index (κ2) is 9.80. The number of amides is 2. The number of thiazole rings is 1. The number of hydrogen-bond acceptors (Lipinski definition) is 11. The van der Waals surface area contributed by atoms with Gasteiger partial charge in [0.15, 0.2) is 17.5 Å². The normalized spacial score (nSPS) is 16.2. The number of rotatable bonds is 10. The molecule has 0 spiro atoms. The second-order valence-corrected chi connectivity index (χ2v) is 8.73. The van der Waals surface area contributed by atoms with Gasteiger partial charge in [-0.1, -0.05) is 17.3 Å². The Hall–Kier alpha value is -3.76. The number of anilines is 1. The lowest BCUT2D eigenvalue weighted by Crippen LogP contribution is -2.65. The van der Waals surface area contributed by atoms with E-state index in [1.807, 2.05) is 0 Å². The largest absolute Gasteiger partial charge is 0.490 e. The van der Waals surface area contributed by atoms with Gasteiger partial charge in [-0.25, -0.2) is 9.29 Å². The molecule has 1 saturated heterocycles. The predicted octanol–water partition coefficient (Wildman–Crippen LogP) is -1.06. The zero-order valence-electron chi connectivity index (χ0n) is 16.8. The molecule has 33 heavy (non-hydrogen) atoms. The van der Waals surface area contributed by atoms with Crippen LogP contribution in [0.5, 0.6) is 5.75 Å². The Kier molecular flexibility index (Phi) is 7.10. The van der Waals surface area contributed by atoms with Gasteiger partial charge in [0.25, 0.3) is 11.8 Å². The molecule has 2 heterocycles. The van der Waals surface area contributed by atoms with E-state index >= 15 is 0 Å². The highest BCUT2D eigenvalue weighted by molar-refractivity contribution is 7.84. The summed E-state index contributed by atoms with van der Waals surface area (Å²) in [6.07, 6.45) is 0. The van der Waals surface area contributed by atoms with Gasteiger partial charge in [-0.3, -0.25) is 19.6 Å². The molecule has 1 atom stereocenters. The van der Waals surface area contributed by atoms with E-state index < -0.39 is 34.7 Å². The molecule has 0 aliphatic carbocycles. The number of nitrogen functional groups attached to an aromatic ring is 2. The number of nitrogens with two attached hydrogens (primary N) is 2. The summed E-state index contributed by atoms with van der Waals surface area (Å²) in [5.74, 6) is -1.51. The number of aromatic nitrogens is 1. The molecule has 1 aliphatic rings. The van der Waals surface area contributed by atoms with Crippen molar-refractivity contribution in [1.82, 2.24) is 14.6 Å². The van der Waals surface area contributed by atoms with Crippen LogP contribution in [-0.2, 0) is 24.7 Å². The number of nitrogens with one attached hydrogen (secondary N) is 2. The topological polar surface area (TPSA) is 223 Å². The van der Waals surface area contributed by atoms with Crippen molar-refractivity contribution in [1.29, 1.82) is 5.41 Å². The Balaban J connectivity index is 1.60. The molecule has 0 saturated carbocycles. The number of oxime groups is 1. The minimum absolute atomic E-state index is 0.0450. The lowest BCUT2D eigenvalue weighted by molar-refractivity contribution is -0.139. The highest BCUT2D eigenvalue weighted by atomic mass is 32.2. The molecular formula is C17H19N7O7S2. The van der Waals surface area contributed by atoms with Gasteiger partial charge in [0.1, 0.15) is 29.9 Å². The maximum Gasteiger partial charge on any atom is 0.362 e. The number of amidine groups is 1. The van der Waals surface area contributed by atoms with E-state index in [0.29, 0.717) is 11.3 Å². The van der Waals surface area contributed by atoms with Crippen LogP contribution in [0.3, 0.4) is 0 Å². The van der Waals surface area contributed by atoms with E-state index in [4.69, 9.17) is 31.0 Å². The van der Waals surface area contributed by atoms with Gasteiger partial charge in [0, 0.05) is 10.9 Å². The van der Waals surface area contributed by atoms with E-state index in [-0.39, 0.29) is 39.9 Å². The molecule has 1 fully saturated rings. The van der Waals surface area contributed by atoms with E-state index in [9.17, 15) is 18.0 Å². The van der Waals surface area contributed by atoms with Crippen LogP contribution in [0.1, 0.15) is 11.3 Å². The number of benzene rings is 1. The minimum Gasteiger partial charge on any atom is -0.490 e. The van der Waals surface area contributed by atoms with Crippen LogP contribution in [-0.4, -0.2) is 71.4 Å². The van der Waals surface area contributed by atoms with Gasteiger partial charge >= 0.3 is 10.3 Å². The minimum atomic E-state index is -4.69. The zero-order chi connectivity index (χ0) is 24.2. The number of β-lactam (4-membered cyclic amide) rings is 1. The Morgan fingerprint density at radius 2 is 2.18 bits per heavy atom. The quantitative estimate of drug-likeness (QED) is 0.0668. The van der Waals surface area contributed by atoms with Crippen molar-refractivity contribution in [2.24, 2.45) is 10.9 Å². The maximum absolute atomic E-state index is 12.6. The standard InChI is InChI=1S/C17H19N7O7S2/c18-14(19)9-2-1-3-10(6-9)30-4-5-31-23-13(12-8-32-17(20)22-12)15(25)21-11-7-24(16(11)26)33(27,28)29/h1-3,6,8,11H,4-5,7H2,(H3,18,19)(H2,20,22)(H,21,25)(H,27,28,29)/b23-13-/t11-/m0/s1. The smallest absolute Gasteiger partial charge is 0.362 e. The van der Waals surface area contributed by atoms with E-state index in [2.05, 4.69) is 15.5 Å². The molecule has 3 rings (SSSR count). The molecule has 2 aromatic rings. The lowest BCUT2D eigenvalue weighted by Gasteiger charge is -2.35. The van der Waals surface area contributed by atoms with Crippen LogP contribution in [0, 0.1) is 5.41 Å². The average molecular weight is 498 g/mol. The van der Waals surface area contributed by atoms with Gasteiger partial charge in [0.05, 0.1) is 6.54 Å². The highest BCUT2D eigenvalue weighted by Gasteiger charge is 2.45. The fourth-order valence-corrected chi connectivity index (χ4v) is 3.84. The molecular weight excluding hydrogens is 478 g/mol.